The molecule has 0 aliphatic rings. The standard InChI is InChI=1S/C21H17ClN4O4S2/c1-12-5-3-4-6-13(12)11-32(28,29)21-23-10-15(22)18(25-21)19(27)26-20-24-16-8-7-14(30-2)9-17(16)31-20/h3-10H,11H2,1-2H3,(H,24,26,27). The number of amides is 1. The lowest BCUT2D eigenvalue weighted by Gasteiger charge is -2.08. The number of rotatable bonds is 6. The van der Waals surface area contributed by atoms with Gasteiger partial charge in [-0.25, -0.2) is 23.4 Å². The number of fused-ring (bicyclic) bond motifs is 1. The van der Waals surface area contributed by atoms with Crippen molar-refractivity contribution in [1.82, 2.24) is 15.0 Å². The van der Waals surface area contributed by atoms with Crippen LogP contribution in [-0.2, 0) is 15.6 Å². The van der Waals surface area contributed by atoms with Crippen molar-refractivity contribution in [3.63, 3.8) is 0 Å². The van der Waals surface area contributed by atoms with Gasteiger partial charge in [0.25, 0.3) is 5.91 Å². The highest BCUT2D eigenvalue weighted by Gasteiger charge is 2.24. The van der Waals surface area contributed by atoms with Crippen LogP contribution in [-0.4, -0.2) is 36.4 Å². The van der Waals surface area contributed by atoms with Crippen LogP contribution < -0.4 is 10.1 Å². The summed E-state index contributed by atoms with van der Waals surface area (Å²) in [5, 5.41) is 2.40. The smallest absolute Gasteiger partial charge is 0.277 e. The van der Waals surface area contributed by atoms with Gasteiger partial charge in [-0.2, -0.15) is 0 Å². The lowest BCUT2D eigenvalue weighted by atomic mass is 10.1. The molecule has 2 aromatic carbocycles. The van der Waals surface area contributed by atoms with Gasteiger partial charge in [0.15, 0.2) is 10.8 Å². The Morgan fingerprint density at radius 1 is 1.19 bits per heavy atom. The first-order valence-corrected chi connectivity index (χ1v) is 12.2. The summed E-state index contributed by atoms with van der Waals surface area (Å²) in [7, 11) is -2.34. The molecule has 4 aromatic rings. The van der Waals surface area contributed by atoms with Gasteiger partial charge >= 0.3 is 0 Å². The van der Waals surface area contributed by atoms with E-state index in [-0.39, 0.29) is 16.5 Å². The minimum absolute atomic E-state index is 0.0693. The molecule has 0 radical (unpaired) electrons. The summed E-state index contributed by atoms with van der Waals surface area (Å²) in [6, 6.07) is 12.5. The molecule has 0 aliphatic carbocycles. The fourth-order valence-corrected chi connectivity index (χ4v) is 5.32. The Morgan fingerprint density at radius 2 is 1.97 bits per heavy atom. The third-order valence-electron chi connectivity index (χ3n) is 4.64. The van der Waals surface area contributed by atoms with Crippen molar-refractivity contribution in [2.24, 2.45) is 0 Å². The molecule has 0 aliphatic heterocycles. The number of benzene rings is 2. The van der Waals surface area contributed by atoms with Gasteiger partial charge in [0.1, 0.15) is 5.75 Å². The fraction of sp³-hybridized carbons (Fsp3) is 0.143. The van der Waals surface area contributed by atoms with E-state index in [4.69, 9.17) is 16.3 Å². The Morgan fingerprint density at radius 3 is 2.72 bits per heavy atom. The van der Waals surface area contributed by atoms with Gasteiger partial charge in [0, 0.05) is 0 Å². The molecule has 164 valence electrons. The van der Waals surface area contributed by atoms with Crippen LogP contribution in [0.4, 0.5) is 5.13 Å². The molecule has 32 heavy (non-hydrogen) atoms. The van der Waals surface area contributed by atoms with Crippen LogP contribution in [0.5, 0.6) is 5.75 Å². The second-order valence-electron chi connectivity index (χ2n) is 6.84. The number of aryl methyl sites for hydroxylation is 1. The van der Waals surface area contributed by atoms with Gasteiger partial charge in [0.2, 0.25) is 15.0 Å². The van der Waals surface area contributed by atoms with Crippen LogP contribution in [0, 0.1) is 6.92 Å². The number of aromatic nitrogens is 3. The topological polar surface area (TPSA) is 111 Å². The Hall–Kier alpha value is -3.08. The third-order valence-corrected chi connectivity index (χ3v) is 7.29. The van der Waals surface area contributed by atoms with E-state index >= 15 is 0 Å². The van der Waals surface area contributed by atoms with Crippen LogP contribution >= 0.6 is 22.9 Å². The van der Waals surface area contributed by atoms with E-state index in [1.807, 2.05) is 19.1 Å². The molecule has 11 heteroatoms. The molecule has 0 atom stereocenters. The Balaban J connectivity index is 1.61. The van der Waals surface area contributed by atoms with Gasteiger partial charge in [-0.3, -0.25) is 10.1 Å². The maximum Gasteiger partial charge on any atom is 0.277 e. The maximum absolute atomic E-state index is 12.9. The average Bonchev–Trinajstić information content (AvgIpc) is 3.16. The minimum Gasteiger partial charge on any atom is -0.497 e. The number of nitrogens with one attached hydrogen (secondary N) is 1. The largest absolute Gasteiger partial charge is 0.497 e. The molecular weight excluding hydrogens is 472 g/mol. The van der Waals surface area contributed by atoms with E-state index in [1.165, 1.54) is 11.3 Å². The predicted molar refractivity (Wildman–Crippen MR) is 123 cm³/mol. The van der Waals surface area contributed by atoms with E-state index in [1.54, 1.807) is 37.4 Å². The molecule has 0 bridgehead atoms. The summed E-state index contributed by atoms with van der Waals surface area (Å²) in [6.45, 7) is 1.82. The summed E-state index contributed by atoms with van der Waals surface area (Å²) in [4.78, 5) is 24.9. The van der Waals surface area contributed by atoms with E-state index in [0.717, 1.165) is 16.5 Å². The van der Waals surface area contributed by atoms with Crippen molar-refractivity contribution in [2.75, 3.05) is 12.4 Å². The monoisotopic (exact) mass is 488 g/mol. The summed E-state index contributed by atoms with van der Waals surface area (Å²) in [6.07, 6.45) is 1.11. The number of ether oxygens (including phenoxy) is 1. The van der Waals surface area contributed by atoms with Crippen LogP contribution in [0.2, 0.25) is 5.02 Å². The van der Waals surface area contributed by atoms with Crippen LogP contribution in [0.15, 0.2) is 53.8 Å². The van der Waals surface area contributed by atoms with Gasteiger partial charge in [-0.15, -0.1) is 0 Å². The average molecular weight is 489 g/mol. The Bertz CT molecular complexity index is 1440. The van der Waals surface area contributed by atoms with E-state index < -0.39 is 20.9 Å². The van der Waals surface area contributed by atoms with Crippen molar-refractivity contribution in [3.05, 3.63) is 70.5 Å². The minimum atomic E-state index is -3.90. The van der Waals surface area contributed by atoms with E-state index in [0.29, 0.717) is 22.0 Å². The third kappa shape index (κ3) is 4.57. The van der Waals surface area contributed by atoms with Crippen molar-refractivity contribution in [3.8, 4) is 5.75 Å². The highest BCUT2D eigenvalue weighted by molar-refractivity contribution is 7.90. The van der Waals surface area contributed by atoms with E-state index in [9.17, 15) is 13.2 Å². The number of methoxy groups -OCH3 is 1. The Labute approximate surface area is 193 Å². The highest BCUT2D eigenvalue weighted by atomic mass is 35.5. The highest BCUT2D eigenvalue weighted by Crippen LogP contribution is 2.29. The second-order valence-corrected chi connectivity index (χ2v) is 10.2. The molecule has 0 spiro atoms. The van der Waals surface area contributed by atoms with Crippen molar-refractivity contribution < 1.29 is 17.9 Å². The van der Waals surface area contributed by atoms with Crippen molar-refractivity contribution in [2.45, 2.75) is 17.8 Å². The fourth-order valence-electron chi connectivity index (χ4n) is 2.94. The molecule has 0 fully saturated rings. The summed E-state index contributed by atoms with van der Waals surface area (Å²) in [5.41, 5.74) is 1.89. The Kier molecular flexibility index (Phi) is 6.09. The molecule has 2 aromatic heterocycles. The van der Waals surface area contributed by atoms with Gasteiger partial charge in [-0.05, 0) is 36.2 Å². The molecule has 0 unspecified atom stereocenters. The molecular formula is C21H17ClN4O4S2. The number of carbonyl (C=O) groups is 1. The van der Waals surface area contributed by atoms with Gasteiger partial charge < -0.3 is 4.74 Å². The van der Waals surface area contributed by atoms with Gasteiger partial charge in [0.05, 0.1) is 34.3 Å². The normalized spacial score (nSPS) is 11.5. The first-order chi connectivity index (χ1) is 15.3. The molecule has 2 heterocycles. The number of hydrogen-bond donors (Lipinski definition) is 1. The number of halogens is 1. The number of sulfone groups is 1. The van der Waals surface area contributed by atoms with Gasteiger partial charge in [-0.1, -0.05) is 47.2 Å². The predicted octanol–water partition coefficient (Wildman–Crippen LogP) is 4.28. The quantitative estimate of drug-likeness (QED) is 0.403. The molecule has 8 nitrogen and oxygen atoms in total. The SMILES string of the molecule is COc1ccc2nc(NC(=O)c3nc(S(=O)(=O)Cc4ccccc4C)ncc3Cl)sc2c1. The van der Waals surface area contributed by atoms with Crippen molar-refractivity contribution >= 4 is 54.0 Å². The summed E-state index contributed by atoms with van der Waals surface area (Å²) < 4.78 is 31.7. The molecule has 0 saturated carbocycles. The maximum atomic E-state index is 12.9. The van der Waals surface area contributed by atoms with Crippen LogP contribution in [0.3, 0.4) is 0 Å². The zero-order valence-corrected chi connectivity index (χ0v) is 19.4. The van der Waals surface area contributed by atoms with Crippen molar-refractivity contribution in [1.29, 1.82) is 0 Å². The number of carbonyl (C=O) groups excluding carboxylic acids is 1. The number of hydrogen-bond acceptors (Lipinski definition) is 8. The number of nitrogens with zero attached hydrogens (tertiary/aromatic N) is 3. The summed E-state index contributed by atoms with van der Waals surface area (Å²) in [5.74, 6) is -0.306. The zero-order chi connectivity index (χ0) is 22.9. The summed E-state index contributed by atoms with van der Waals surface area (Å²) >= 11 is 7.34. The second kappa shape index (κ2) is 8.81. The number of thiazole rings is 1. The molecule has 0 saturated heterocycles. The zero-order valence-electron chi connectivity index (χ0n) is 17.0. The molecule has 4 rings (SSSR count). The van der Waals surface area contributed by atoms with Crippen LogP contribution in [0.25, 0.3) is 10.2 Å². The first-order valence-electron chi connectivity index (χ1n) is 9.32. The lowest BCUT2D eigenvalue weighted by molar-refractivity contribution is 0.102. The molecule has 1 amide bonds. The number of anilines is 1. The van der Waals surface area contributed by atoms with E-state index in [2.05, 4.69) is 20.3 Å². The lowest BCUT2D eigenvalue weighted by Crippen LogP contribution is -2.18. The first kappa shape index (κ1) is 22.1. The van der Waals surface area contributed by atoms with Crippen LogP contribution in [0.1, 0.15) is 21.6 Å². The molecule has 1 N–H and O–H groups in total.